The number of halogens is 4. The molecule has 0 saturated heterocycles. The van der Waals surface area contributed by atoms with Crippen LogP contribution in [0.15, 0.2) is 24.4 Å². The number of nitrogens with one attached hydrogen (secondary N) is 1. The van der Waals surface area contributed by atoms with Gasteiger partial charge in [-0.3, -0.25) is 0 Å². The van der Waals surface area contributed by atoms with Crippen LogP contribution >= 0.6 is 0 Å². The Bertz CT molecular complexity index is 606. The van der Waals surface area contributed by atoms with Gasteiger partial charge in [0.1, 0.15) is 12.4 Å². The summed E-state index contributed by atoms with van der Waals surface area (Å²) in [6.07, 6.45) is 1.43. The minimum absolute atomic E-state index is 0.129. The van der Waals surface area contributed by atoms with Crippen molar-refractivity contribution in [3.8, 4) is 5.75 Å². The molecule has 3 nitrogen and oxygen atoms in total. The Hall–Kier alpha value is -2.31. The summed E-state index contributed by atoms with van der Waals surface area (Å²) in [6.45, 7) is 2.33. The Morgan fingerprint density at radius 1 is 1.10 bits per heavy atom. The summed E-state index contributed by atoms with van der Waals surface area (Å²) in [6, 6.07) is 3.40. The summed E-state index contributed by atoms with van der Waals surface area (Å²) in [5.74, 6) is -6.59. The number of benzene rings is 1. The summed E-state index contributed by atoms with van der Waals surface area (Å²) in [5.41, 5.74) is 0.500. The molecule has 1 aromatic carbocycles. The average molecular weight is 300 g/mol. The van der Waals surface area contributed by atoms with Crippen LogP contribution < -0.4 is 10.1 Å². The Morgan fingerprint density at radius 3 is 2.29 bits per heavy atom. The summed E-state index contributed by atoms with van der Waals surface area (Å²) >= 11 is 0. The van der Waals surface area contributed by atoms with Gasteiger partial charge in [-0.25, -0.2) is 13.8 Å². The van der Waals surface area contributed by atoms with Crippen LogP contribution in [0, 0.1) is 23.3 Å². The molecule has 0 spiro atoms. The first-order valence-corrected chi connectivity index (χ1v) is 6.17. The second kappa shape index (κ2) is 6.43. The molecule has 2 rings (SSSR count). The van der Waals surface area contributed by atoms with Crippen molar-refractivity contribution in [2.45, 2.75) is 13.5 Å². The fraction of sp³-hybridized carbons (Fsp3) is 0.214. The van der Waals surface area contributed by atoms with Gasteiger partial charge in [0.05, 0.1) is 0 Å². The second-order valence-corrected chi connectivity index (χ2v) is 4.17. The van der Waals surface area contributed by atoms with E-state index in [2.05, 4.69) is 10.3 Å². The van der Waals surface area contributed by atoms with E-state index >= 15 is 0 Å². The lowest BCUT2D eigenvalue weighted by atomic mass is 10.2. The maximum absolute atomic E-state index is 13.4. The molecular formula is C14H12F4N2O. The van der Waals surface area contributed by atoms with E-state index < -0.39 is 29.0 Å². The molecule has 0 unspecified atom stereocenters. The van der Waals surface area contributed by atoms with E-state index in [4.69, 9.17) is 4.74 Å². The highest BCUT2D eigenvalue weighted by Gasteiger charge is 2.20. The predicted molar refractivity (Wildman–Crippen MR) is 69.0 cm³/mol. The summed E-state index contributed by atoms with van der Waals surface area (Å²) in [5, 5.41) is 2.97. The number of nitrogens with zero attached hydrogens (tertiary/aromatic N) is 1. The van der Waals surface area contributed by atoms with E-state index in [-0.39, 0.29) is 12.7 Å². The molecule has 1 heterocycles. The fourth-order valence-electron chi connectivity index (χ4n) is 1.63. The third-order valence-corrected chi connectivity index (χ3v) is 2.64. The van der Waals surface area contributed by atoms with Crippen LogP contribution in [-0.2, 0) is 6.61 Å². The van der Waals surface area contributed by atoms with Crippen molar-refractivity contribution < 1.29 is 22.3 Å². The van der Waals surface area contributed by atoms with Crippen LogP contribution in [0.1, 0.15) is 12.5 Å². The van der Waals surface area contributed by atoms with Crippen LogP contribution in [0.3, 0.4) is 0 Å². The number of ether oxygens (including phenoxy) is 1. The molecule has 0 fully saturated rings. The highest BCUT2D eigenvalue weighted by atomic mass is 19.2. The molecule has 1 aromatic heterocycles. The van der Waals surface area contributed by atoms with E-state index in [0.29, 0.717) is 17.9 Å². The summed E-state index contributed by atoms with van der Waals surface area (Å²) in [7, 11) is 0. The molecule has 0 aliphatic heterocycles. The Kier molecular flexibility index (Phi) is 4.62. The minimum Gasteiger partial charge on any atom is -0.483 e. The molecule has 0 bridgehead atoms. The Balaban J connectivity index is 2.13. The number of hydrogen-bond acceptors (Lipinski definition) is 3. The molecular weight excluding hydrogens is 288 g/mol. The molecule has 2 aromatic rings. The van der Waals surface area contributed by atoms with E-state index in [0.717, 1.165) is 0 Å². The fourth-order valence-corrected chi connectivity index (χ4v) is 1.63. The molecule has 21 heavy (non-hydrogen) atoms. The minimum atomic E-state index is -1.56. The maximum Gasteiger partial charge on any atom is 0.203 e. The van der Waals surface area contributed by atoms with Gasteiger partial charge in [0.15, 0.2) is 17.4 Å². The van der Waals surface area contributed by atoms with Gasteiger partial charge < -0.3 is 10.1 Å². The molecule has 0 atom stereocenters. The average Bonchev–Trinajstić information content (AvgIpc) is 2.47. The van der Waals surface area contributed by atoms with Gasteiger partial charge in [-0.05, 0) is 13.0 Å². The summed E-state index contributed by atoms with van der Waals surface area (Å²) in [4.78, 5) is 4.03. The van der Waals surface area contributed by atoms with Gasteiger partial charge in [-0.1, -0.05) is 6.07 Å². The zero-order chi connectivity index (χ0) is 15.4. The highest BCUT2D eigenvalue weighted by molar-refractivity contribution is 5.35. The van der Waals surface area contributed by atoms with Crippen LogP contribution in [0.25, 0.3) is 0 Å². The zero-order valence-electron chi connectivity index (χ0n) is 11.1. The third-order valence-electron chi connectivity index (χ3n) is 2.64. The molecule has 0 aliphatic rings. The quantitative estimate of drug-likeness (QED) is 0.676. The smallest absolute Gasteiger partial charge is 0.203 e. The third kappa shape index (κ3) is 3.42. The number of aromatic nitrogens is 1. The van der Waals surface area contributed by atoms with Crippen LogP contribution in [0.4, 0.5) is 23.4 Å². The van der Waals surface area contributed by atoms with Crippen molar-refractivity contribution in [1.82, 2.24) is 4.98 Å². The molecule has 0 radical (unpaired) electrons. The largest absolute Gasteiger partial charge is 0.483 e. The standard InChI is InChI=1S/C14H12F4N2O/c1-2-19-11-4-3-8(6-20-11)7-21-14-12(17)9(15)5-10(16)13(14)18/h3-6H,2,7H2,1H3,(H,19,20). The van der Waals surface area contributed by atoms with Crippen molar-refractivity contribution in [2.75, 3.05) is 11.9 Å². The van der Waals surface area contributed by atoms with Gasteiger partial charge in [0.2, 0.25) is 11.6 Å². The maximum atomic E-state index is 13.4. The van der Waals surface area contributed by atoms with Gasteiger partial charge in [0, 0.05) is 24.4 Å². The highest BCUT2D eigenvalue weighted by Crippen LogP contribution is 2.27. The van der Waals surface area contributed by atoms with Crippen molar-refractivity contribution in [3.63, 3.8) is 0 Å². The van der Waals surface area contributed by atoms with E-state index in [1.165, 1.54) is 6.20 Å². The number of anilines is 1. The van der Waals surface area contributed by atoms with Crippen LogP contribution in [0.5, 0.6) is 5.75 Å². The number of rotatable bonds is 5. The lowest BCUT2D eigenvalue weighted by molar-refractivity contribution is 0.261. The van der Waals surface area contributed by atoms with Gasteiger partial charge in [-0.15, -0.1) is 0 Å². The first-order chi connectivity index (χ1) is 10.0. The van der Waals surface area contributed by atoms with Crippen LogP contribution in [0.2, 0.25) is 0 Å². The number of pyridine rings is 1. The molecule has 112 valence electrons. The van der Waals surface area contributed by atoms with Crippen LogP contribution in [-0.4, -0.2) is 11.5 Å². The Morgan fingerprint density at radius 2 is 1.76 bits per heavy atom. The molecule has 0 saturated carbocycles. The van der Waals surface area contributed by atoms with Gasteiger partial charge >= 0.3 is 0 Å². The normalized spacial score (nSPS) is 10.5. The first-order valence-electron chi connectivity index (χ1n) is 6.17. The lowest BCUT2D eigenvalue weighted by Gasteiger charge is -2.10. The molecule has 0 amide bonds. The Labute approximate surface area is 118 Å². The topological polar surface area (TPSA) is 34.1 Å². The second-order valence-electron chi connectivity index (χ2n) is 4.17. The molecule has 7 heteroatoms. The van der Waals surface area contributed by atoms with Gasteiger partial charge in [0.25, 0.3) is 0 Å². The molecule has 0 aliphatic carbocycles. The van der Waals surface area contributed by atoms with E-state index in [1.807, 2.05) is 6.92 Å². The van der Waals surface area contributed by atoms with Crippen molar-refractivity contribution in [1.29, 1.82) is 0 Å². The SMILES string of the molecule is CCNc1ccc(COc2c(F)c(F)cc(F)c2F)cn1. The van der Waals surface area contributed by atoms with Crippen molar-refractivity contribution in [2.24, 2.45) is 0 Å². The lowest BCUT2D eigenvalue weighted by Crippen LogP contribution is -2.05. The molecule has 1 N–H and O–H groups in total. The predicted octanol–water partition coefficient (Wildman–Crippen LogP) is 3.65. The van der Waals surface area contributed by atoms with Crippen molar-refractivity contribution in [3.05, 3.63) is 53.2 Å². The van der Waals surface area contributed by atoms with Crippen molar-refractivity contribution >= 4 is 5.82 Å². The van der Waals surface area contributed by atoms with E-state index in [1.54, 1.807) is 12.1 Å². The van der Waals surface area contributed by atoms with Gasteiger partial charge in [-0.2, -0.15) is 8.78 Å². The zero-order valence-corrected chi connectivity index (χ0v) is 11.1. The number of hydrogen-bond donors (Lipinski definition) is 1. The summed E-state index contributed by atoms with van der Waals surface area (Å²) < 4.78 is 57.6. The first kappa shape index (κ1) is 15.1. The monoisotopic (exact) mass is 300 g/mol. The van der Waals surface area contributed by atoms with E-state index in [9.17, 15) is 17.6 Å².